The van der Waals surface area contributed by atoms with Crippen molar-refractivity contribution in [2.24, 2.45) is 5.92 Å². The maximum absolute atomic E-state index is 12.4. The Morgan fingerprint density at radius 1 is 1.23 bits per heavy atom. The summed E-state index contributed by atoms with van der Waals surface area (Å²) < 4.78 is 5.55. The Hall–Kier alpha value is -3.19. The first kappa shape index (κ1) is 18.8. The summed E-state index contributed by atoms with van der Waals surface area (Å²) in [7, 11) is 0. The van der Waals surface area contributed by atoms with Gasteiger partial charge in [-0.25, -0.2) is 4.98 Å². The molecule has 0 radical (unpaired) electrons. The highest BCUT2D eigenvalue weighted by atomic mass is 32.1. The predicted octanol–water partition coefficient (Wildman–Crippen LogP) is 4.27. The number of rotatable bonds is 5. The monoisotopic (exact) mass is 419 g/mol. The van der Waals surface area contributed by atoms with Gasteiger partial charge in [-0.05, 0) is 48.2 Å². The van der Waals surface area contributed by atoms with Crippen molar-refractivity contribution in [2.45, 2.75) is 25.7 Å². The molecule has 2 aromatic carbocycles. The Balaban J connectivity index is 1.18. The Kier molecular flexibility index (Phi) is 4.96. The molecule has 2 N–H and O–H groups in total. The minimum Gasteiger partial charge on any atom is -0.493 e. The first-order valence-electron chi connectivity index (χ1n) is 10.1. The number of fused-ring (bicyclic) bond motifs is 2. The lowest BCUT2D eigenvalue weighted by Crippen LogP contribution is -2.30. The smallest absolute Gasteiger partial charge is 0.227 e. The van der Waals surface area contributed by atoms with E-state index in [0.29, 0.717) is 18.0 Å². The summed E-state index contributed by atoms with van der Waals surface area (Å²) in [5.74, 6) is 0.617. The largest absolute Gasteiger partial charge is 0.493 e. The van der Waals surface area contributed by atoms with Crippen LogP contribution in [0.5, 0.6) is 5.75 Å². The standard InChI is InChI=1S/C23H21N3O3S/c27-21(8-6-17-12-14-3-1-2-4-18(14)24-22(17)28)26-23-25-19(13-30-23)15-5-7-20-16(11-15)9-10-29-20/h1-5,7,11,13,17H,6,8-10,12H2,(H,24,28)(H,25,26,27). The van der Waals surface area contributed by atoms with Crippen LogP contribution in [0.3, 0.4) is 0 Å². The van der Waals surface area contributed by atoms with Crippen LogP contribution in [0, 0.1) is 5.92 Å². The van der Waals surface area contributed by atoms with Crippen LogP contribution in [-0.4, -0.2) is 23.4 Å². The number of carbonyl (C=O) groups is 2. The van der Waals surface area contributed by atoms with Crippen molar-refractivity contribution in [1.29, 1.82) is 0 Å². The van der Waals surface area contributed by atoms with Gasteiger partial charge in [-0.2, -0.15) is 0 Å². The molecule has 2 aliphatic rings. The normalized spacial score (nSPS) is 16.9. The molecule has 6 nitrogen and oxygen atoms in total. The lowest BCUT2D eigenvalue weighted by atomic mass is 9.89. The van der Waals surface area contributed by atoms with Crippen LogP contribution in [0.15, 0.2) is 47.8 Å². The van der Waals surface area contributed by atoms with Crippen LogP contribution in [-0.2, 0) is 22.4 Å². The molecule has 30 heavy (non-hydrogen) atoms. The van der Waals surface area contributed by atoms with E-state index in [4.69, 9.17) is 4.74 Å². The second-order valence-electron chi connectivity index (χ2n) is 7.59. The maximum Gasteiger partial charge on any atom is 0.227 e. The second-order valence-corrected chi connectivity index (χ2v) is 8.45. The van der Waals surface area contributed by atoms with E-state index in [1.807, 2.05) is 41.8 Å². The van der Waals surface area contributed by atoms with E-state index < -0.39 is 0 Å². The molecular formula is C23H21N3O3S. The van der Waals surface area contributed by atoms with Crippen LogP contribution in [0.2, 0.25) is 0 Å². The molecular weight excluding hydrogens is 398 g/mol. The van der Waals surface area contributed by atoms with Gasteiger partial charge in [0.1, 0.15) is 5.75 Å². The number of nitrogens with zero attached hydrogens (tertiary/aromatic N) is 1. The molecule has 1 unspecified atom stereocenters. The SMILES string of the molecule is O=C(CCC1Cc2ccccc2NC1=O)Nc1nc(-c2ccc3c(c2)CCO3)cs1. The summed E-state index contributed by atoms with van der Waals surface area (Å²) in [5.41, 5.74) is 5.05. The number of hydrogen-bond donors (Lipinski definition) is 2. The highest BCUT2D eigenvalue weighted by molar-refractivity contribution is 7.14. The van der Waals surface area contributed by atoms with Gasteiger partial charge >= 0.3 is 0 Å². The van der Waals surface area contributed by atoms with Crippen molar-refractivity contribution < 1.29 is 14.3 Å². The number of ether oxygens (including phenoxy) is 1. The van der Waals surface area contributed by atoms with E-state index in [-0.39, 0.29) is 24.2 Å². The molecule has 0 bridgehead atoms. The van der Waals surface area contributed by atoms with Crippen LogP contribution >= 0.6 is 11.3 Å². The molecule has 3 heterocycles. The number of para-hydroxylation sites is 1. The summed E-state index contributed by atoms with van der Waals surface area (Å²) in [5, 5.41) is 8.32. The molecule has 5 rings (SSSR count). The van der Waals surface area contributed by atoms with E-state index in [0.717, 1.165) is 41.3 Å². The van der Waals surface area contributed by atoms with Crippen LogP contribution in [0.4, 0.5) is 10.8 Å². The minimum absolute atomic E-state index is 0.0152. The summed E-state index contributed by atoms with van der Waals surface area (Å²) in [4.78, 5) is 29.3. The van der Waals surface area contributed by atoms with E-state index in [1.54, 1.807) is 0 Å². The third-order valence-electron chi connectivity index (χ3n) is 5.57. The Labute approximate surface area is 178 Å². The van der Waals surface area contributed by atoms with Crippen LogP contribution < -0.4 is 15.4 Å². The number of anilines is 2. The molecule has 0 saturated heterocycles. The molecule has 2 aliphatic heterocycles. The number of hydrogen-bond acceptors (Lipinski definition) is 5. The number of amides is 2. The highest BCUT2D eigenvalue weighted by Crippen LogP contribution is 2.32. The van der Waals surface area contributed by atoms with Gasteiger partial charge in [0.05, 0.1) is 12.3 Å². The Bertz CT molecular complexity index is 1120. The number of aromatic nitrogens is 1. The number of carbonyl (C=O) groups excluding carboxylic acids is 2. The van der Waals surface area contributed by atoms with Crippen LogP contribution in [0.25, 0.3) is 11.3 Å². The molecule has 1 aromatic heterocycles. The molecule has 3 aromatic rings. The average Bonchev–Trinajstić information content (AvgIpc) is 3.41. The lowest BCUT2D eigenvalue weighted by Gasteiger charge is -2.24. The van der Waals surface area contributed by atoms with Crippen molar-refractivity contribution in [2.75, 3.05) is 17.2 Å². The van der Waals surface area contributed by atoms with Crippen molar-refractivity contribution in [1.82, 2.24) is 4.98 Å². The fourth-order valence-electron chi connectivity index (χ4n) is 3.94. The zero-order chi connectivity index (χ0) is 20.5. The van der Waals surface area contributed by atoms with E-state index in [9.17, 15) is 9.59 Å². The zero-order valence-electron chi connectivity index (χ0n) is 16.3. The quantitative estimate of drug-likeness (QED) is 0.647. The van der Waals surface area contributed by atoms with Gasteiger partial charge in [0.15, 0.2) is 5.13 Å². The topological polar surface area (TPSA) is 80.3 Å². The summed E-state index contributed by atoms with van der Waals surface area (Å²) in [6, 6.07) is 13.9. The van der Waals surface area contributed by atoms with E-state index >= 15 is 0 Å². The van der Waals surface area contributed by atoms with Gasteiger partial charge in [-0.3, -0.25) is 9.59 Å². The number of thiazole rings is 1. The molecule has 7 heteroatoms. The summed E-state index contributed by atoms with van der Waals surface area (Å²) in [6.07, 6.45) is 2.37. The Morgan fingerprint density at radius 3 is 3.07 bits per heavy atom. The third kappa shape index (κ3) is 3.80. The minimum atomic E-state index is -0.189. The zero-order valence-corrected chi connectivity index (χ0v) is 17.1. The van der Waals surface area contributed by atoms with Gasteiger partial charge < -0.3 is 15.4 Å². The van der Waals surface area contributed by atoms with Gasteiger partial charge in [-0.15, -0.1) is 11.3 Å². The molecule has 0 aliphatic carbocycles. The third-order valence-corrected chi connectivity index (χ3v) is 6.33. The van der Waals surface area contributed by atoms with Gasteiger partial charge in [0, 0.05) is 35.4 Å². The van der Waals surface area contributed by atoms with Gasteiger partial charge in [-0.1, -0.05) is 18.2 Å². The van der Waals surface area contributed by atoms with Crippen molar-refractivity contribution in [3.63, 3.8) is 0 Å². The first-order valence-corrected chi connectivity index (χ1v) is 10.9. The Morgan fingerprint density at radius 2 is 2.13 bits per heavy atom. The average molecular weight is 420 g/mol. The van der Waals surface area contributed by atoms with Crippen LogP contribution in [0.1, 0.15) is 24.0 Å². The van der Waals surface area contributed by atoms with E-state index in [2.05, 4.69) is 21.7 Å². The molecule has 2 amide bonds. The lowest BCUT2D eigenvalue weighted by molar-refractivity contribution is -0.121. The van der Waals surface area contributed by atoms with Crippen molar-refractivity contribution in [3.8, 4) is 17.0 Å². The van der Waals surface area contributed by atoms with Crippen molar-refractivity contribution >= 4 is 34.0 Å². The number of nitrogens with one attached hydrogen (secondary N) is 2. The molecule has 0 spiro atoms. The summed E-state index contributed by atoms with van der Waals surface area (Å²) >= 11 is 1.41. The highest BCUT2D eigenvalue weighted by Gasteiger charge is 2.26. The van der Waals surface area contributed by atoms with Gasteiger partial charge in [0.2, 0.25) is 11.8 Å². The fraction of sp³-hybridized carbons (Fsp3) is 0.261. The fourth-order valence-corrected chi connectivity index (χ4v) is 4.68. The molecule has 0 saturated carbocycles. The first-order chi connectivity index (χ1) is 14.7. The molecule has 0 fully saturated rings. The van der Waals surface area contributed by atoms with E-state index in [1.165, 1.54) is 16.9 Å². The maximum atomic E-state index is 12.4. The predicted molar refractivity (Wildman–Crippen MR) is 117 cm³/mol. The molecule has 1 atom stereocenters. The summed E-state index contributed by atoms with van der Waals surface area (Å²) in [6.45, 7) is 0.724. The number of benzene rings is 2. The van der Waals surface area contributed by atoms with Crippen molar-refractivity contribution in [3.05, 3.63) is 59.0 Å². The second kappa shape index (κ2) is 7.91. The van der Waals surface area contributed by atoms with Gasteiger partial charge in [0.25, 0.3) is 0 Å². The molecule has 152 valence electrons.